The van der Waals surface area contributed by atoms with Crippen molar-refractivity contribution < 1.29 is 4.74 Å². The fourth-order valence-corrected chi connectivity index (χ4v) is 2.83. The number of hydrogen-bond acceptors (Lipinski definition) is 3. The largest absolute Gasteiger partial charge is 0.380 e. The summed E-state index contributed by atoms with van der Waals surface area (Å²) in [5, 5.41) is 13.0. The van der Waals surface area contributed by atoms with Gasteiger partial charge in [-0.15, -0.1) is 0 Å². The zero-order valence-electron chi connectivity index (χ0n) is 13.1. The van der Waals surface area contributed by atoms with Crippen LogP contribution in [0.15, 0.2) is 30.3 Å². The highest BCUT2D eigenvalue weighted by Crippen LogP contribution is 2.43. The second-order valence-corrected chi connectivity index (χ2v) is 6.41. The molecule has 1 aromatic carbocycles. The molecule has 114 valence electrons. The Morgan fingerprint density at radius 2 is 2.00 bits per heavy atom. The molecule has 3 nitrogen and oxygen atoms in total. The summed E-state index contributed by atoms with van der Waals surface area (Å²) in [6, 6.07) is 13.1. The van der Waals surface area contributed by atoms with Gasteiger partial charge < -0.3 is 10.1 Å². The molecule has 0 atom stereocenters. The van der Waals surface area contributed by atoms with Crippen LogP contribution in [0.4, 0.5) is 0 Å². The number of nitrogens with zero attached hydrogens (tertiary/aromatic N) is 1. The van der Waals surface area contributed by atoms with E-state index in [9.17, 15) is 5.26 Å². The SMILES string of the molecule is CC(C)CCOCCNC1CC(C#N)(c2ccccc2)C1. The molecule has 1 aliphatic carbocycles. The van der Waals surface area contributed by atoms with Gasteiger partial charge in [-0.05, 0) is 30.7 Å². The van der Waals surface area contributed by atoms with Gasteiger partial charge in [0, 0.05) is 19.2 Å². The van der Waals surface area contributed by atoms with Crippen molar-refractivity contribution in [1.82, 2.24) is 5.32 Å². The molecule has 0 bridgehead atoms. The van der Waals surface area contributed by atoms with Crippen molar-refractivity contribution in [3.63, 3.8) is 0 Å². The Morgan fingerprint density at radius 3 is 2.62 bits per heavy atom. The Balaban J connectivity index is 1.65. The first kappa shape index (κ1) is 16.0. The third-order valence-electron chi connectivity index (χ3n) is 4.25. The van der Waals surface area contributed by atoms with Crippen molar-refractivity contribution >= 4 is 0 Å². The lowest BCUT2D eigenvalue weighted by Gasteiger charge is -2.43. The van der Waals surface area contributed by atoms with E-state index in [1.165, 1.54) is 0 Å². The summed E-state index contributed by atoms with van der Waals surface area (Å²) in [6.07, 6.45) is 2.92. The lowest BCUT2D eigenvalue weighted by Crippen LogP contribution is -2.51. The van der Waals surface area contributed by atoms with Crippen LogP contribution in [0.5, 0.6) is 0 Å². The maximum absolute atomic E-state index is 9.50. The van der Waals surface area contributed by atoms with Crippen LogP contribution < -0.4 is 5.32 Å². The van der Waals surface area contributed by atoms with Gasteiger partial charge in [0.25, 0.3) is 0 Å². The van der Waals surface area contributed by atoms with Crippen LogP contribution in [0.1, 0.15) is 38.7 Å². The molecular weight excluding hydrogens is 260 g/mol. The van der Waals surface area contributed by atoms with Crippen LogP contribution in [0, 0.1) is 17.2 Å². The Labute approximate surface area is 128 Å². The van der Waals surface area contributed by atoms with Gasteiger partial charge in [0.05, 0.1) is 18.1 Å². The van der Waals surface area contributed by atoms with Gasteiger partial charge in [-0.1, -0.05) is 44.2 Å². The van der Waals surface area contributed by atoms with Crippen molar-refractivity contribution in [1.29, 1.82) is 5.26 Å². The molecule has 1 N–H and O–H groups in total. The molecule has 21 heavy (non-hydrogen) atoms. The second kappa shape index (κ2) is 7.59. The van der Waals surface area contributed by atoms with Gasteiger partial charge in [0.15, 0.2) is 0 Å². The summed E-state index contributed by atoms with van der Waals surface area (Å²) in [5.41, 5.74) is 0.871. The lowest BCUT2D eigenvalue weighted by molar-refractivity contribution is 0.116. The van der Waals surface area contributed by atoms with Gasteiger partial charge in [-0.25, -0.2) is 0 Å². The van der Waals surface area contributed by atoms with E-state index in [2.05, 4.69) is 37.4 Å². The molecule has 0 unspecified atom stereocenters. The normalized spacial score (nSPS) is 24.6. The molecule has 0 amide bonds. The van der Waals surface area contributed by atoms with Crippen LogP contribution in [0.2, 0.25) is 0 Å². The molecule has 3 heteroatoms. The molecule has 0 saturated heterocycles. The van der Waals surface area contributed by atoms with E-state index < -0.39 is 0 Å². The average Bonchev–Trinajstić information content (AvgIpc) is 2.45. The van der Waals surface area contributed by atoms with E-state index in [-0.39, 0.29) is 5.41 Å². The predicted molar refractivity (Wildman–Crippen MR) is 85.0 cm³/mol. The first-order valence-corrected chi connectivity index (χ1v) is 7.94. The smallest absolute Gasteiger partial charge is 0.0852 e. The molecule has 1 saturated carbocycles. The first-order valence-electron chi connectivity index (χ1n) is 7.94. The number of benzene rings is 1. The molecule has 0 radical (unpaired) electrons. The summed E-state index contributed by atoms with van der Waals surface area (Å²) >= 11 is 0. The minimum absolute atomic E-state index is 0.280. The predicted octanol–water partition coefficient (Wildman–Crippen LogP) is 3.26. The zero-order chi connectivity index (χ0) is 15.1. The summed E-state index contributed by atoms with van der Waals surface area (Å²) < 4.78 is 5.60. The molecule has 0 aromatic heterocycles. The van der Waals surface area contributed by atoms with Crippen molar-refractivity contribution in [2.75, 3.05) is 19.8 Å². The van der Waals surface area contributed by atoms with Crippen molar-refractivity contribution in [3.8, 4) is 6.07 Å². The summed E-state index contributed by atoms with van der Waals surface area (Å²) in [6.45, 7) is 6.89. The highest BCUT2D eigenvalue weighted by Gasteiger charge is 2.45. The van der Waals surface area contributed by atoms with Gasteiger partial charge in [0.1, 0.15) is 0 Å². The fourth-order valence-electron chi connectivity index (χ4n) is 2.83. The Hall–Kier alpha value is -1.37. The summed E-state index contributed by atoms with van der Waals surface area (Å²) in [7, 11) is 0. The van der Waals surface area contributed by atoms with E-state index in [1.807, 2.05) is 18.2 Å². The standard InChI is InChI=1S/C18H26N2O/c1-15(2)8-10-21-11-9-20-17-12-18(13-17,14-19)16-6-4-3-5-7-16/h3-7,15,17,20H,8-13H2,1-2H3. The maximum Gasteiger partial charge on any atom is 0.0852 e. The number of rotatable bonds is 8. The molecule has 0 aliphatic heterocycles. The highest BCUT2D eigenvalue weighted by atomic mass is 16.5. The van der Waals surface area contributed by atoms with Crippen LogP contribution in [0.25, 0.3) is 0 Å². The molecule has 0 heterocycles. The van der Waals surface area contributed by atoms with Crippen LogP contribution in [-0.2, 0) is 10.2 Å². The lowest BCUT2D eigenvalue weighted by atomic mass is 9.62. The van der Waals surface area contributed by atoms with Crippen LogP contribution >= 0.6 is 0 Å². The monoisotopic (exact) mass is 286 g/mol. The number of nitrogens with one attached hydrogen (secondary N) is 1. The number of hydrogen-bond donors (Lipinski definition) is 1. The molecule has 1 fully saturated rings. The first-order chi connectivity index (χ1) is 10.2. The number of ether oxygens (including phenoxy) is 1. The second-order valence-electron chi connectivity index (χ2n) is 6.41. The summed E-state index contributed by atoms with van der Waals surface area (Å²) in [4.78, 5) is 0. The third-order valence-corrected chi connectivity index (χ3v) is 4.25. The van der Waals surface area contributed by atoms with E-state index in [1.54, 1.807) is 0 Å². The van der Waals surface area contributed by atoms with Gasteiger partial charge in [0.2, 0.25) is 0 Å². The quantitative estimate of drug-likeness (QED) is 0.746. The van der Waals surface area contributed by atoms with E-state index in [4.69, 9.17) is 4.74 Å². The van der Waals surface area contributed by atoms with Crippen LogP contribution in [0.3, 0.4) is 0 Å². The van der Waals surface area contributed by atoms with Crippen molar-refractivity contribution in [3.05, 3.63) is 35.9 Å². The van der Waals surface area contributed by atoms with Crippen molar-refractivity contribution in [2.24, 2.45) is 5.92 Å². The van der Waals surface area contributed by atoms with Crippen LogP contribution in [-0.4, -0.2) is 25.8 Å². The minimum Gasteiger partial charge on any atom is -0.380 e. The van der Waals surface area contributed by atoms with Gasteiger partial charge in [-0.2, -0.15) is 5.26 Å². The topological polar surface area (TPSA) is 45.0 Å². The Morgan fingerprint density at radius 1 is 1.29 bits per heavy atom. The zero-order valence-corrected chi connectivity index (χ0v) is 13.1. The molecule has 1 aliphatic rings. The fraction of sp³-hybridized carbons (Fsp3) is 0.611. The maximum atomic E-state index is 9.50. The molecule has 0 spiro atoms. The Kier molecular flexibility index (Phi) is 5.78. The van der Waals surface area contributed by atoms with Gasteiger partial charge in [-0.3, -0.25) is 0 Å². The molecule has 2 rings (SSSR count). The third kappa shape index (κ3) is 4.30. The Bertz CT molecular complexity index is 458. The molecular formula is C18H26N2O. The minimum atomic E-state index is -0.280. The van der Waals surface area contributed by atoms with E-state index in [0.717, 1.165) is 44.6 Å². The average molecular weight is 286 g/mol. The van der Waals surface area contributed by atoms with E-state index >= 15 is 0 Å². The highest BCUT2D eigenvalue weighted by molar-refractivity contribution is 5.36. The van der Waals surface area contributed by atoms with Gasteiger partial charge >= 0.3 is 0 Å². The molecule has 1 aromatic rings. The summed E-state index contributed by atoms with van der Waals surface area (Å²) in [5.74, 6) is 0.701. The van der Waals surface area contributed by atoms with Crippen molar-refractivity contribution in [2.45, 2.75) is 44.6 Å². The number of nitriles is 1. The van der Waals surface area contributed by atoms with E-state index in [0.29, 0.717) is 12.0 Å².